The molecule has 138 valence electrons. The van der Waals surface area contributed by atoms with Gasteiger partial charge in [-0.15, -0.1) is 0 Å². The van der Waals surface area contributed by atoms with E-state index >= 15 is 0 Å². The van der Waals surface area contributed by atoms with E-state index in [1.54, 1.807) is 30.3 Å². The van der Waals surface area contributed by atoms with Crippen molar-refractivity contribution in [3.63, 3.8) is 0 Å². The van der Waals surface area contributed by atoms with Gasteiger partial charge in [0, 0.05) is 24.9 Å². The highest BCUT2D eigenvalue weighted by molar-refractivity contribution is 5.97. The summed E-state index contributed by atoms with van der Waals surface area (Å²) in [6.07, 6.45) is 0.178. The first-order chi connectivity index (χ1) is 12.5. The van der Waals surface area contributed by atoms with Gasteiger partial charge in [-0.25, -0.2) is 0 Å². The molecule has 0 aromatic heterocycles. The summed E-state index contributed by atoms with van der Waals surface area (Å²) in [6, 6.07) is 13.2. The number of carbonyl (C=O) groups excluding carboxylic acids is 2. The SMILES string of the molecule is COc1cc(CNC(=O)CCC(=O)c2ccccc2)ccc1OC(F)F. The summed E-state index contributed by atoms with van der Waals surface area (Å²) < 4.78 is 33.9. The number of ketones is 1. The number of nitrogens with one attached hydrogen (secondary N) is 1. The van der Waals surface area contributed by atoms with Crippen LogP contribution in [0.25, 0.3) is 0 Å². The van der Waals surface area contributed by atoms with Crippen molar-refractivity contribution in [2.45, 2.75) is 26.0 Å². The Balaban J connectivity index is 1.84. The molecular formula is C19H19F2NO4. The molecule has 0 aliphatic rings. The predicted octanol–water partition coefficient (Wildman–Crippen LogP) is 3.58. The number of alkyl halides is 2. The van der Waals surface area contributed by atoms with Crippen molar-refractivity contribution in [1.29, 1.82) is 0 Å². The van der Waals surface area contributed by atoms with Crippen LogP contribution in [0.4, 0.5) is 8.78 Å². The number of ether oxygens (including phenoxy) is 2. The summed E-state index contributed by atoms with van der Waals surface area (Å²) in [5, 5.41) is 2.68. The standard InChI is InChI=1S/C19H19F2NO4/c1-25-17-11-13(7-9-16(17)26-19(20)21)12-22-18(24)10-8-15(23)14-5-3-2-4-6-14/h2-7,9,11,19H,8,10,12H2,1H3,(H,22,24). The first kappa shape index (κ1) is 19.4. The molecule has 0 radical (unpaired) electrons. The lowest BCUT2D eigenvalue weighted by Gasteiger charge is -2.12. The van der Waals surface area contributed by atoms with Gasteiger partial charge in [0.2, 0.25) is 5.91 Å². The van der Waals surface area contributed by atoms with Crippen LogP contribution in [0.3, 0.4) is 0 Å². The van der Waals surface area contributed by atoms with Crippen LogP contribution in [0.15, 0.2) is 48.5 Å². The molecule has 0 unspecified atom stereocenters. The lowest BCUT2D eigenvalue weighted by atomic mass is 10.1. The fraction of sp³-hybridized carbons (Fsp3) is 0.263. The molecule has 2 rings (SSSR count). The Morgan fingerprint density at radius 3 is 2.42 bits per heavy atom. The van der Waals surface area contributed by atoms with Gasteiger partial charge in [0.05, 0.1) is 7.11 Å². The van der Waals surface area contributed by atoms with Gasteiger partial charge in [-0.2, -0.15) is 8.78 Å². The van der Waals surface area contributed by atoms with E-state index in [9.17, 15) is 18.4 Å². The minimum atomic E-state index is -2.95. The zero-order valence-corrected chi connectivity index (χ0v) is 14.2. The number of benzene rings is 2. The molecule has 0 aliphatic carbocycles. The molecule has 0 heterocycles. The molecule has 5 nitrogen and oxygen atoms in total. The van der Waals surface area contributed by atoms with Crippen LogP contribution in [0.5, 0.6) is 11.5 Å². The Kier molecular flexibility index (Phi) is 7.08. The van der Waals surface area contributed by atoms with Crippen molar-refractivity contribution in [3.05, 3.63) is 59.7 Å². The Labute approximate surface area is 149 Å². The molecule has 0 fully saturated rings. The monoisotopic (exact) mass is 363 g/mol. The smallest absolute Gasteiger partial charge is 0.387 e. The van der Waals surface area contributed by atoms with E-state index in [2.05, 4.69) is 10.1 Å². The summed E-state index contributed by atoms with van der Waals surface area (Å²) in [7, 11) is 1.34. The van der Waals surface area contributed by atoms with E-state index in [0.717, 1.165) is 0 Å². The summed E-state index contributed by atoms with van der Waals surface area (Å²) in [4.78, 5) is 23.9. The fourth-order valence-corrected chi connectivity index (χ4v) is 2.30. The van der Waals surface area contributed by atoms with Gasteiger partial charge >= 0.3 is 6.61 Å². The summed E-state index contributed by atoms with van der Waals surface area (Å²) >= 11 is 0. The second kappa shape index (κ2) is 9.50. The molecule has 2 aromatic carbocycles. The molecule has 0 aliphatic heterocycles. The topological polar surface area (TPSA) is 64.6 Å². The average Bonchev–Trinajstić information content (AvgIpc) is 2.65. The second-order valence-electron chi connectivity index (χ2n) is 5.43. The zero-order valence-electron chi connectivity index (χ0n) is 14.2. The maximum atomic E-state index is 12.3. The average molecular weight is 363 g/mol. The third kappa shape index (κ3) is 5.84. The number of carbonyl (C=O) groups is 2. The molecule has 0 saturated heterocycles. The molecule has 0 saturated carbocycles. The van der Waals surface area contributed by atoms with Crippen molar-refractivity contribution in [2.75, 3.05) is 7.11 Å². The van der Waals surface area contributed by atoms with Crippen LogP contribution in [-0.2, 0) is 11.3 Å². The number of rotatable bonds is 9. The number of hydrogen-bond donors (Lipinski definition) is 1. The van der Waals surface area contributed by atoms with E-state index in [1.807, 2.05) is 6.07 Å². The van der Waals surface area contributed by atoms with Gasteiger partial charge in [-0.05, 0) is 17.7 Å². The highest BCUT2D eigenvalue weighted by Gasteiger charge is 2.12. The maximum absolute atomic E-state index is 12.3. The van der Waals surface area contributed by atoms with E-state index in [0.29, 0.717) is 11.1 Å². The largest absolute Gasteiger partial charge is 0.493 e. The minimum Gasteiger partial charge on any atom is -0.493 e. The van der Waals surface area contributed by atoms with Gasteiger partial charge in [0.15, 0.2) is 17.3 Å². The zero-order chi connectivity index (χ0) is 18.9. The molecule has 0 atom stereocenters. The Morgan fingerprint density at radius 1 is 1.04 bits per heavy atom. The van der Waals surface area contributed by atoms with E-state index in [4.69, 9.17) is 4.74 Å². The van der Waals surface area contributed by atoms with Crippen molar-refractivity contribution < 1.29 is 27.8 Å². The first-order valence-corrected chi connectivity index (χ1v) is 7.96. The van der Waals surface area contributed by atoms with Crippen LogP contribution >= 0.6 is 0 Å². The van der Waals surface area contributed by atoms with Gasteiger partial charge in [-0.3, -0.25) is 9.59 Å². The highest BCUT2D eigenvalue weighted by atomic mass is 19.3. The Morgan fingerprint density at radius 2 is 1.77 bits per heavy atom. The molecule has 1 amide bonds. The lowest BCUT2D eigenvalue weighted by molar-refractivity contribution is -0.121. The number of hydrogen-bond acceptors (Lipinski definition) is 4. The van der Waals surface area contributed by atoms with Crippen molar-refractivity contribution in [2.24, 2.45) is 0 Å². The molecule has 0 spiro atoms. The summed E-state index contributed by atoms with van der Waals surface area (Å²) in [6.45, 7) is -2.76. The normalized spacial score (nSPS) is 10.5. The molecule has 0 bridgehead atoms. The van der Waals surface area contributed by atoms with Crippen LogP contribution < -0.4 is 14.8 Å². The molecular weight excluding hydrogens is 344 g/mol. The minimum absolute atomic E-state index is 0.0669. The highest BCUT2D eigenvalue weighted by Crippen LogP contribution is 2.29. The van der Waals surface area contributed by atoms with Gasteiger partial charge < -0.3 is 14.8 Å². The Bertz CT molecular complexity index is 750. The van der Waals surface area contributed by atoms with Crippen molar-refractivity contribution in [1.82, 2.24) is 5.32 Å². The number of halogens is 2. The van der Waals surface area contributed by atoms with Gasteiger partial charge in [0.25, 0.3) is 0 Å². The maximum Gasteiger partial charge on any atom is 0.387 e. The van der Waals surface area contributed by atoms with E-state index < -0.39 is 6.61 Å². The van der Waals surface area contributed by atoms with Crippen LogP contribution in [0.2, 0.25) is 0 Å². The first-order valence-electron chi connectivity index (χ1n) is 7.96. The fourth-order valence-electron chi connectivity index (χ4n) is 2.30. The predicted molar refractivity (Wildman–Crippen MR) is 91.5 cm³/mol. The third-order valence-corrected chi connectivity index (χ3v) is 3.61. The van der Waals surface area contributed by atoms with Crippen LogP contribution in [0.1, 0.15) is 28.8 Å². The van der Waals surface area contributed by atoms with Gasteiger partial charge in [0.1, 0.15) is 0 Å². The molecule has 2 aromatic rings. The quantitative estimate of drug-likeness (QED) is 0.692. The second-order valence-corrected chi connectivity index (χ2v) is 5.43. The number of Topliss-reactive ketones (excluding diaryl/α,β-unsaturated/α-hetero) is 1. The summed E-state index contributed by atoms with van der Waals surface area (Å²) in [5.41, 5.74) is 1.23. The number of amides is 1. The van der Waals surface area contributed by atoms with Crippen LogP contribution in [0, 0.1) is 0 Å². The molecule has 26 heavy (non-hydrogen) atoms. The Hall–Kier alpha value is -2.96. The number of methoxy groups -OCH3 is 1. The van der Waals surface area contributed by atoms with Gasteiger partial charge in [-0.1, -0.05) is 36.4 Å². The van der Waals surface area contributed by atoms with Crippen LogP contribution in [-0.4, -0.2) is 25.4 Å². The molecule has 7 heteroatoms. The third-order valence-electron chi connectivity index (χ3n) is 3.61. The van der Waals surface area contributed by atoms with Crippen molar-refractivity contribution >= 4 is 11.7 Å². The van der Waals surface area contributed by atoms with E-state index in [1.165, 1.54) is 19.2 Å². The van der Waals surface area contributed by atoms with Crippen molar-refractivity contribution in [3.8, 4) is 11.5 Å². The summed E-state index contributed by atoms with van der Waals surface area (Å²) in [5.74, 6) is -0.306. The lowest BCUT2D eigenvalue weighted by Crippen LogP contribution is -2.23. The molecule has 1 N–H and O–H groups in total. The van der Waals surface area contributed by atoms with E-state index in [-0.39, 0.29) is 42.6 Å².